The quantitative estimate of drug-likeness (QED) is 0.142. The average Bonchev–Trinajstić information content (AvgIpc) is 3.40. The number of aliphatic hydroxyl groups is 3. The van der Waals surface area contributed by atoms with E-state index in [2.05, 4.69) is 31.5 Å². The molecule has 3 heterocycles. The number of rotatable bonds is 5. The molecule has 36 heavy (non-hydrogen) atoms. The standard InChI is InChI=1S/C25H22N6O5/c32-11-18-20(33)21(34)24(36-18)31-22-19(23(35)27-12-26-22)29-25(31)30-28-10-17-15-7-3-1-5-13(15)9-14-6-2-4-8-16(14)17/h1-10,12,18,20-21,24,32-34H,11H2,(H,29,30)(H,26,27,35)/b28-10-/t18-,20-,21-,24-/m1/s1. The second kappa shape index (κ2) is 8.81. The van der Waals surface area contributed by atoms with Crippen molar-refractivity contribution in [3.63, 3.8) is 0 Å². The summed E-state index contributed by atoms with van der Waals surface area (Å²) >= 11 is 0. The minimum absolute atomic E-state index is 0.00329. The SMILES string of the molecule is O=c1[nH]cnc2c1nc(N/N=C\c1c3ccccc3cc3ccccc13)n2[C@@H]1O[C@H](CO)[C@@H](O)[C@H]1O. The molecule has 6 rings (SSSR count). The van der Waals surface area contributed by atoms with E-state index >= 15 is 0 Å². The molecule has 1 aliphatic rings. The summed E-state index contributed by atoms with van der Waals surface area (Å²) in [7, 11) is 0. The molecule has 0 radical (unpaired) electrons. The number of benzene rings is 3. The Kier molecular flexibility index (Phi) is 5.46. The average molecular weight is 486 g/mol. The van der Waals surface area contributed by atoms with Crippen LogP contribution in [0.1, 0.15) is 11.8 Å². The maximum absolute atomic E-state index is 12.4. The molecule has 5 aromatic rings. The molecule has 1 aliphatic heterocycles. The maximum atomic E-state index is 12.4. The Morgan fingerprint density at radius 3 is 2.44 bits per heavy atom. The molecule has 1 saturated heterocycles. The zero-order valence-corrected chi connectivity index (χ0v) is 18.8. The van der Waals surface area contributed by atoms with Gasteiger partial charge in [0, 0.05) is 5.56 Å². The molecule has 0 spiro atoms. The summed E-state index contributed by atoms with van der Waals surface area (Å²) in [6, 6.07) is 18.1. The molecule has 5 N–H and O–H groups in total. The number of aliphatic hydroxyl groups excluding tert-OH is 3. The molecule has 0 saturated carbocycles. The highest BCUT2D eigenvalue weighted by molar-refractivity contribution is 6.13. The second-order valence-electron chi connectivity index (χ2n) is 8.54. The Labute approximate surface area is 203 Å². The number of imidazole rings is 1. The summed E-state index contributed by atoms with van der Waals surface area (Å²) in [5.74, 6) is 0.0739. The number of nitrogens with zero attached hydrogens (tertiary/aromatic N) is 4. The summed E-state index contributed by atoms with van der Waals surface area (Å²) in [4.78, 5) is 23.4. The van der Waals surface area contributed by atoms with Crippen molar-refractivity contribution in [1.29, 1.82) is 0 Å². The summed E-state index contributed by atoms with van der Waals surface area (Å²) in [6.45, 7) is -0.496. The Bertz CT molecular complexity index is 1620. The molecule has 11 nitrogen and oxygen atoms in total. The molecule has 0 bridgehead atoms. The van der Waals surface area contributed by atoms with Gasteiger partial charge in [0.25, 0.3) is 5.56 Å². The minimum atomic E-state index is -1.40. The van der Waals surface area contributed by atoms with Crippen LogP contribution < -0.4 is 11.0 Å². The second-order valence-corrected chi connectivity index (χ2v) is 8.54. The summed E-state index contributed by atoms with van der Waals surface area (Å²) in [6.07, 6.45) is -2.02. The Hall–Kier alpha value is -4.16. The predicted octanol–water partition coefficient (Wildman–Crippen LogP) is 1.48. The maximum Gasteiger partial charge on any atom is 0.278 e. The molecular formula is C25H22N6O5. The molecule has 4 atom stereocenters. The van der Waals surface area contributed by atoms with Gasteiger partial charge in [0.2, 0.25) is 5.95 Å². The van der Waals surface area contributed by atoms with Crippen molar-refractivity contribution in [3.8, 4) is 0 Å². The molecule has 2 aromatic heterocycles. The van der Waals surface area contributed by atoms with Crippen LogP contribution in [-0.2, 0) is 4.74 Å². The van der Waals surface area contributed by atoms with Crippen molar-refractivity contribution in [2.75, 3.05) is 12.0 Å². The topological polar surface area (TPSA) is 158 Å². The zero-order chi connectivity index (χ0) is 24.8. The van der Waals surface area contributed by atoms with Gasteiger partial charge in [0.05, 0.1) is 19.1 Å². The van der Waals surface area contributed by atoms with E-state index < -0.39 is 36.7 Å². The van der Waals surface area contributed by atoms with Gasteiger partial charge < -0.3 is 25.0 Å². The molecule has 0 unspecified atom stereocenters. The molecule has 3 aromatic carbocycles. The highest BCUT2D eigenvalue weighted by atomic mass is 16.6. The minimum Gasteiger partial charge on any atom is -0.394 e. The van der Waals surface area contributed by atoms with Crippen molar-refractivity contribution in [2.45, 2.75) is 24.5 Å². The molecule has 0 aliphatic carbocycles. The summed E-state index contributed by atoms with van der Waals surface area (Å²) in [5.41, 5.74) is 3.38. The lowest BCUT2D eigenvalue weighted by molar-refractivity contribution is -0.0501. The van der Waals surface area contributed by atoms with Gasteiger partial charge in [0.15, 0.2) is 17.4 Å². The van der Waals surface area contributed by atoms with E-state index in [0.29, 0.717) is 0 Å². The van der Waals surface area contributed by atoms with Crippen molar-refractivity contribution in [3.05, 3.63) is 76.8 Å². The number of aromatic nitrogens is 4. The Morgan fingerprint density at radius 1 is 1.08 bits per heavy atom. The van der Waals surface area contributed by atoms with Gasteiger partial charge >= 0.3 is 0 Å². The van der Waals surface area contributed by atoms with Crippen LogP contribution in [0.3, 0.4) is 0 Å². The molecule has 182 valence electrons. The number of hydrogen-bond donors (Lipinski definition) is 5. The Balaban J connectivity index is 1.45. The van der Waals surface area contributed by atoms with E-state index in [9.17, 15) is 20.1 Å². The number of anilines is 1. The van der Waals surface area contributed by atoms with Crippen molar-refractivity contribution in [2.24, 2.45) is 5.10 Å². The first-order valence-electron chi connectivity index (χ1n) is 11.3. The zero-order valence-electron chi connectivity index (χ0n) is 18.8. The number of H-pyrrole nitrogens is 1. The first-order chi connectivity index (χ1) is 17.6. The van der Waals surface area contributed by atoms with Crippen LogP contribution in [0.5, 0.6) is 0 Å². The first-order valence-corrected chi connectivity index (χ1v) is 11.3. The van der Waals surface area contributed by atoms with E-state index in [0.717, 1.165) is 27.1 Å². The van der Waals surface area contributed by atoms with E-state index in [-0.39, 0.29) is 17.1 Å². The number of nitrogens with one attached hydrogen (secondary N) is 2. The molecule has 11 heteroatoms. The van der Waals surface area contributed by atoms with Crippen molar-refractivity contribution in [1.82, 2.24) is 19.5 Å². The van der Waals surface area contributed by atoms with Gasteiger partial charge in [0.1, 0.15) is 18.3 Å². The summed E-state index contributed by atoms with van der Waals surface area (Å²) < 4.78 is 7.03. The van der Waals surface area contributed by atoms with Crippen LogP contribution in [0.15, 0.2) is 70.8 Å². The highest BCUT2D eigenvalue weighted by Crippen LogP contribution is 2.34. The van der Waals surface area contributed by atoms with E-state index in [1.54, 1.807) is 6.21 Å². The third-order valence-corrected chi connectivity index (χ3v) is 6.43. The van der Waals surface area contributed by atoms with Crippen LogP contribution in [0.4, 0.5) is 5.95 Å². The van der Waals surface area contributed by atoms with Crippen LogP contribution in [0, 0.1) is 0 Å². The van der Waals surface area contributed by atoms with E-state index in [1.165, 1.54) is 10.9 Å². The lowest BCUT2D eigenvalue weighted by atomic mass is 9.97. The number of hydrogen-bond acceptors (Lipinski definition) is 9. The number of ether oxygens (including phenoxy) is 1. The fourth-order valence-electron chi connectivity index (χ4n) is 4.68. The van der Waals surface area contributed by atoms with Crippen molar-refractivity contribution < 1.29 is 20.1 Å². The van der Waals surface area contributed by atoms with Gasteiger partial charge in [-0.05, 0) is 27.6 Å². The largest absolute Gasteiger partial charge is 0.394 e. The van der Waals surface area contributed by atoms with Gasteiger partial charge in [-0.1, -0.05) is 48.5 Å². The van der Waals surface area contributed by atoms with Crippen LogP contribution in [0.25, 0.3) is 32.7 Å². The van der Waals surface area contributed by atoms with Gasteiger partial charge in [-0.3, -0.25) is 9.36 Å². The molecule has 0 amide bonds. The smallest absolute Gasteiger partial charge is 0.278 e. The summed E-state index contributed by atoms with van der Waals surface area (Å²) in [5, 5.41) is 38.9. The third kappa shape index (κ3) is 3.53. The predicted molar refractivity (Wildman–Crippen MR) is 134 cm³/mol. The van der Waals surface area contributed by atoms with E-state index in [1.807, 2.05) is 48.5 Å². The van der Waals surface area contributed by atoms with Crippen LogP contribution in [-0.4, -0.2) is 66.0 Å². The highest BCUT2D eigenvalue weighted by Gasteiger charge is 2.45. The molecule has 1 fully saturated rings. The fraction of sp³-hybridized carbons (Fsp3) is 0.200. The van der Waals surface area contributed by atoms with Gasteiger partial charge in [-0.2, -0.15) is 5.10 Å². The lowest BCUT2D eigenvalue weighted by Gasteiger charge is -2.18. The molecular weight excluding hydrogens is 464 g/mol. The number of hydrazone groups is 1. The monoisotopic (exact) mass is 486 g/mol. The van der Waals surface area contributed by atoms with E-state index in [4.69, 9.17) is 4.74 Å². The van der Waals surface area contributed by atoms with Crippen LogP contribution in [0.2, 0.25) is 0 Å². The number of fused-ring (bicyclic) bond motifs is 3. The first kappa shape index (κ1) is 22.3. The Morgan fingerprint density at radius 2 is 1.78 bits per heavy atom. The van der Waals surface area contributed by atoms with Gasteiger partial charge in [-0.25, -0.2) is 15.4 Å². The normalized spacial score (nSPS) is 22.3. The number of aromatic amines is 1. The van der Waals surface area contributed by atoms with Gasteiger partial charge in [-0.15, -0.1) is 0 Å². The lowest BCUT2D eigenvalue weighted by Crippen LogP contribution is -2.33. The van der Waals surface area contributed by atoms with Crippen LogP contribution >= 0.6 is 0 Å². The van der Waals surface area contributed by atoms with Crippen molar-refractivity contribution >= 4 is 44.9 Å². The third-order valence-electron chi connectivity index (χ3n) is 6.43. The fourth-order valence-corrected chi connectivity index (χ4v) is 4.68.